The van der Waals surface area contributed by atoms with Crippen LogP contribution in [0.5, 0.6) is 0 Å². The molecular weight excluding hydrogens is 465 g/mol. The van der Waals surface area contributed by atoms with Crippen LogP contribution in [-0.2, 0) is 16.2 Å². The van der Waals surface area contributed by atoms with Crippen molar-refractivity contribution in [3.05, 3.63) is 71.2 Å². The fourth-order valence-electron chi connectivity index (χ4n) is 3.41. The largest absolute Gasteiger partial charge is 0.416 e. The Kier molecular flexibility index (Phi) is 6.11. The molecule has 3 aromatic rings. The first kappa shape index (κ1) is 22.5. The van der Waals surface area contributed by atoms with Crippen molar-refractivity contribution in [2.75, 3.05) is 31.1 Å². The Morgan fingerprint density at radius 3 is 2.16 bits per heavy atom. The molecule has 0 aliphatic carbocycles. The number of anilines is 1. The van der Waals surface area contributed by atoms with Crippen LogP contribution in [0.25, 0.3) is 11.3 Å². The lowest BCUT2D eigenvalue weighted by molar-refractivity contribution is -0.137. The number of rotatable bonds is 4. The molecule has 1 saturated heterocycles. The second-order valence-electron chi connectivity index (χ2n) is 7.20. The van der Waals surface area contributed by atoms with Crippen molar-refractivity contribution in [3.63, 3.8) is 0 Å². The lowest BCUT2D eigenvalue weighted by atomic mass is 10.1. The number of benzene rings is 2. The Hall–Kier alpha value is -2.69. The van der Waals surface area contributed by atoms with Crippen LogP contribution in [0.15, 0.2) is 65.6 Å². The number of alkyl halides is 3. The van der Waals surface area contributed by atoms with Crippen molar-refractivity contribution in [1.82, 2.24) is 14.5 Å². The fraction of sp³-hybridized carbons (Fsp3) is 0.238. The first-order valence-corrected chi connectivity index (χ1v) is 11.5. The average molecular weight is 483 g/mol. The topological polar surface area (TPSA) is 66.4 Å². The zero-order valence-corrected chi connectivity index (χ0v) is 18.2. The lowest BCUT2D eigenvalue weighted by Gasteiger charge is -2.34. The normalized spacial score (nSPS) is 15.7. The van der Waals surface area contributed by atoms with Crippen LogP contribution in [0.3, 0.4) is 0 Å². The van der Waals surface area contributed by atoms with Crippen molar-refractivity contribution in [2.24, 2.45) is 0 Å². The van der Waals surface area contributed by atoms with E-state index in [4.69, 9.17) is 11.6 Å². The third-order valence-corrected chi connectivity index (χ3v) is 7.30. The van der Waals surface area contributed by atoms with Crippen LogP contribution in [0.4, 0.5) is 19.0 Å². The maximum absolute atomic E-state index is 13.0. The Morgan fingerprint density at radius 1 is 0.875 bits per heavy atom. The van der Waals surface area contributed by atoms with Crippen LogP contribution >= 0.6 is 11.6 Å². The van der Waals surface area contributed by atoms with Crippen LogP contribution in [0.1, 0.15) is 5.56 Å². The van der Waals surface area contributed by atoms with E-state index in [0.717, 1.165) is 17.7 Å². The van der Waals surface area contributed by atoms with E-state index < -0.39 is 21.8 Å². The van der Waals surface area contributed by atoms with Gasteiger partial charge in [0, 0.05) is 36.8 Å². The summed E-state index contributed by atoms with van der Waals surface area (Å²) in [7, 11) is -4.04. The number of piperazine rings is 1. The summed E-state index contributed by atoms with van der Waals surface area (Å²) < 4.78 is 65.7. The highest BCUT2D eigenvalue weighted by Gasteiger charge is 2.34. The van der Waals surface area contributed by atoms with E-state index in [1.807, 2.05) is 23.1 Å². The van der Waals surface area contributed by atoms with Gasteiger partial charge < -0.3 is 4.90 Å². The molecule has 0 unspecified atom stereocenters. The summed E-state index contributed by atoms with van der Waals surface area (Å²) in [5, 5.41) is 9.09. The van der Waals surface area contributed by atoms with Gasteiger partial charge in [-0.15, -0.1) is 10.2 Å². The highest BCUT2D eigenvalue weighted by atomic mass is 35.5. The van der Waals surface area contributed by atoms with Crippen LogP contribution < -0.4 is 4.90 Å². The molecule has 0 amide bonds. The van der Waals surface area contributed by atoms with Crippen molar-refractivity contribution >= 4 is 27.4 Å². The molecule has 1 fully saturated rings. The molecule has 2 heterocycles. The molecule has 0 atom stereocenters. The van der Waals surface area contributed by atoms with Gasteiger partial charge in [-0.05, 0) is 42.5 Å². The Labute approximate surface area is 188 Å². The second kappa shape index (κ2) is 8.68. The molecule has 1 aromatic heterocycles. The molecule has 0 saturated carbocycles. The minimum absolute atomic E-state index is 0.124. The smallest absolute Gasteiger partial charge is 0.352 e. The van der Waals surface area contributed by atoms with Gasteiger partial charge in [-0.3, -0.25) is 0 Å². The zero-order chi connectivity index (χ0) is 22.9. The molecule has 1 aliphatic rings. The molecule has 168 valence electrons. The number of hydrogen-bond acceptors (Lipinski definition) is 5. The molecule has 11 heteroatoms. The van der Waals surface area contributed by atoms with E-state index in [9.17, 15) is 21.6 Å². The zero-order valence-electron chi connectivity index (χ0n) is 16.6. The number of aromatic nitrogens is 2. The average Bonchev–Trinajstić information content (AvgIpc) is 2.79. The van der Waals surface area contributed by atoms with Gasteiger partial charge in [0.05, 0.1) is 16.2 Å². The predicted molar refractivity (Wildman–Crippen MR) is 115 cm³/mol. The fourth-order valence-corrected chi connectivity index (χ4v) is 5.00. The van der Waals surface area contributed by atoms with E-state index >= 15 is 0 Å². The highest BCUT2D eigenvalue weighted by molar-refractivity contribution is 7.89. The quantitative estimate of drug-likeness (QED) is 0.554. The van der Waals surface area contributed by atoms with E-state index in [1.165, 1.54) is 10.4 Å². The van der Waals surface area contributed by atoms with E-state index in [0.29, 0.717) is 35.7 Å². The molecule has 6 nitrogen and oxygen atoms in total. The summed E-state index contributed by atoms with van der Waals surface area (Å²) in [6, 6.07) is 14.6. The van der Waals surface area contributed by atoms with Gasteiger partial charge in [-0.1, -0.05) is 29.8 Å². The van der Waals surface area contributed by atoms with E-state index in [2.05, 4.69) is 10.2 Å². The van der Waals surface area contributed by atoms with Gasteiger partial charge in [0.25, 0.3) is 0 Å². The second-order valence-corrected chi connectivity index (χ2v) is 9.57. The number of halogens is 4. The molecule has 0 radical (unpaired) electrons. The standard InChI is InChI=1S/C21H18ClF3N4O2S/c22-17-6-4-15(5-7-17)19-8-9-20(27-26-19)28-10-12-29(13-11-28)32(30,31)18-3-1-2-16(14-18)21(23,24)25/h1-9,14H,10-13H2. The minimum atomic E-state index is -4.61. The highest BCUT2D eigenvalue weighted by Crippen LogP contribution is 2.31. The molecule has 4 rings (SSSR count). The van der Waals surface area contributed by atoms with Crippen molar-refractivity contribution in [3.8, 4) is 11.3 Å². The number of sulfonamides is 1. The molecule has 2 aromatic carbocycles. The summed E-state index contributed by atoms with van der Waals surface area (Å²) >= 11 is 5.90. The molecule has 32 heavy (non-hydrogen) atoms. The summed E-state index contributed by atoms with van der Waals surface area (Å²) in [4.78, 5) is 1.52. The Bertz CT molecular complexity index is 1190. The van der Waals surface area contributed by atoms with Gasteiger partial charge in [0.2, 0.25) is 10.0 Å². The van der Waals surface area contributed by atoms with Crippen molar-refractivity contribution in [2.45, 2.75) is 11.1 Å². The third kappa shape index (κ3) is 4.72. The third-order valence-electron chi connectivity index (χ3n) is 5.15. The summed E-state index contributed by atoms with van der Waals surface area (Å²) in [5.41, 5.74) is 0.551. The predicted octanol–water partition coefficient (Wildman–Crippen LogP) is 4.33. The summed E-state index contributed by atoms with van der Waals surface area (Å²) in [5.74, 6) is 0.596. The molecule has 1 aliphatic heterocycles. The van der Waals surface area contributed by atoms with E-state index in [-0.39, 0.29) is 18.0 Å². The van der Waals surface area contributed by atoms with Gasteiger partial charge >= 0.3 is 6.18 Å². The summed E-state index contributed by atoms with van der Waals surface area (Å²) in [6.07, 6.45) is -4.61. The number of nitrogens with zero attached hydrogens (tertiary/aromatic N) is 4. The summed E-state index contributed by atoms with van der Waals surface area (Å²) in [6.45, 7) is 0.929. The van der Waals surface area contributed by atoms with Crippen LogP contribution in [-0.4, -0.2) is 49.1 Å². The molecular formula is C21H18ClF3N4O2S. The lowest BCUT2D eigenvalue weighted by Crippen LogP contribution is -2.49. The Balaban J connectivity index is 1.44. The Morgan fingerprint density at radius 2 is 1.56 bits per heavy atom. The first-order chi connectivity index (χ1) is 15.1. The van der Waals surface area contributed by atoms with Gasteiger partial charge in [-0.25, -0.2) is 8.42 Å². The SMILES string of the molecule is O=S(=O)(c1cccc(C(F)(F)F)c1)N1CCN(c2ccc(-c3ccc(Cl)cc3)nn2)CC1. The molecule has 0 bridgehead atoms. The van der Waals surface area contributed by atoms with E-state index in [1.54, 1.807) is 18.2 Å². The molecule has 0 spiro atoms. The van der Waals surface area contributed by atoms with Gasteiger partial charge in [0.15, 0.2) is 5.82 Å². The first-order valence-electron chi connectivity index (χ1n) is 9.67. The maximum Gasteiger partial charge on any atom is 0.416 e. The van der Waals surface area contributed by atoms with Gasteiger partial charge in [0.1, 0.15) is 0 Å². The van der Waals surface area contributed by atoms with Gasteiger partial charge in [-0.2, -0.15) is 17.5 Å². The monoisotopic (exact) mass is 482 g/mol. The van der Waals surface area contributed by atoms with Crippen molar-refractivity contribution in [1.29, 1.82) is 0 Å². The molecule has 0 N–H and O–H groups in total. The van der Waals surface area contributed by atoms with Crippen LogP contribution in [0, 0.1) is 0 Å². The number of hydrogen-bond donors (Lipinski definition) is 0. The minimum Gasteiger partial charge on any atom is -0.352 e. The maximum atomic E-state index is 13.0. The van der Waals surface area contributed by atoms with Crippen molar-refractivity contribution < 1.29 is 21.6 Å². The van der Waals surface area contributed by atoms with Crippen LogP contribution in [0.2, 0.25) is 5.02 Å².